The van der Waals surface area contributed by atoms with E-state index in [1.807, 2.05) is 30.3 Å². The normalized spacial score (nSPS) is 23.5. The van der Waals surface area contributed by atoms with Crippen LogP contribution in [0.5, 0.6) is 5.75 Å². The summed E-state index contributed by atoms with van der Waals surface area (Å²) in [6, 6.07) is 9.89. The fourth-order valence-corrected chi connectivity index (χ4v) is 2.56. The third-order valence-electron chi connectivity index (χ3n) is 3.65. The van der Waals surface area contributed by atoms with Gasteiger partial charge in [0, 0.05) is 13.1 Å². The zero-order valence-electron chi connectivity index (χ0n) is 11.1. The maximum absolute atomic E-state index is 9.78. The molecule has 18 heavy (non-hydrogen) atoms. The molecule has 0 spiro atoms. The van der Waals surface area contributed by atoms with Crippen molar-refractivity contribution in [2.75, 3.05) is 26.7 Å². The van der Waals surface area contributed by atoms with Gasteiger partial charge in [-0.05, 0) is 37.9 Å². The molecule has 1 aliphatic carbocycles. The topological polar surface area (TPSA) is 32.7 Å². The van der Waals surface area contributed by atoms with Crippen molar-refractivity contribution in [2.24, 2.45) is 5.92 Å². The molecule has 0 aliphatic heterocycles. The predicted molar refractivity (Wildman–Crippen MR) is 72.8 cm³/mol. The van der Waals surface area contributed by atoms with Gasteiger partial charge in [0.15, 0.2) is 0 Å². The number of rotatable bonds is 6. The van der Waals surface area contributed by atoms with Gasteiger partial charge in [-0.1, -0.05) is 24.6 Å². The largest absolute Gasteiger partial charge is 0.492 e. The number of benzene rings is 1. The van der Waals surface area contributed by atoms with Crippen molar-refractivity contribution in [3.8, 4) is 5.75 Å². The summed E-state index contributed by atoms with van der Waals surface area (Å²) in [4.78, 5) is 2.25. The molecule has 2 atom stereocenters. The van der Waals surface area contributed by atoms with Crippen LogP contribution in [0.25, 0.3) is 0 Å². The van der Waals surface area contributed by atoms with Crippen LogP contribution in [0.1, 0.15) is 19.3 Å². The Bertz CT molecular complexity index is 342. The third kappa shape index (κ3) is 4.00. The monoisotopic (exact) mass is 249 g/mol. The highest BCUT2D eigenvalue weighted by molar-refractivity contribution is 5.20. The van der Waals surface area contributed by atoms with Crippen LogP contribution in [0.15, 0.2) is 30.3 Å². The molecule has 0 amide bonds. The van der Waals surface area contributed by atoms with Crippen LogP contribution < -0.4 is 4.74 Å². The van der Waals surface area contributed by atoms with E-state index in [1.54, 1.807) is 0 Å². The Hall–Kier alpha value is -1.06. The van der Waals surface area contributed by atoms with Gasteiger partial charge >= 0.3 is 0 Å². The Morgan fingerprint density at radius 2 is 2.06 bits per heavy atom. The van der Waals surface area contributed by atoms with Gasteiger partial charge in [0.25, 0.3) is 0 Å². The van der Waals surface area contributed by atoms with Gasteiger partial charge in [0.1, 0.15) is 12.4 Å². The summed E-state index contributed by atoms with van der Waals surface area (Å²) >= 11 is 0. The molecule has 2 rings (SSSR count). The Balaban J connectivity index is 1.64. The van der Waals surface area contributed by atoms with Crippen molar-refractivity contribution < 1.29 is 9.84 Å². The van der Waals surface area contributed by atoms with E-state index < -0.39 is 0 Å². The second kappa shape index (κ2) is 6.76. The lowest BCUT2D eigenvalue weighted by Gasteiger charge is -2.23. The molecule has 1 aromatic rings. The highest BCUT2D eigenvalue weighted by atomic mass is 16.5. The Labute approximate surface area is 109 Å². The Kier molecular flexibility index (Phi) is 5.02. The number of para-hydroxylation sites is 1. The van der Waals surface area contributed by atoms with Gasteiger partial charge in [-0.15, -0.1) is 0 Å². The quantitative estimate of drug-likeness (QED) is 0.838. The van der Waals surface area contributed by atoms with Crippen LogP contribution in [0.4, 0.5) is 0 Å². The Morgan fingerprint density at radius 1 is 1.28 bits per heavy atom. The second-order valence-corrected chi connectivity index (χ2v) is 5.18. The molecule has 0 saturated heterocycles. The van der Waals surface area contributed by atoms with E-state index in [-0.39, 0.29) is 6.10 Å². The van der Waals surface area contributed by atoms with E-state index in [9.17, 15) is 5.11 Å². The van der Waals surface area contributed by atoms with Crippen LogP contribution >= 0.6 is 0 Å². The predicted octanol–water partition coefficient (Wildman–Crippen LogP) is 2.16. The number of aliphatic hydroxyl groups is 1. The average Bonchev–Trinajstić information content (AvgIpc) is 2.76. The molecule has 3 heteroatoms. The summed E-state index contributed by atoms with van der Waals surface area (Å²) in [5.74, 6) is 1.37. The minimum Gasteiger partial charge on any atom is -0.492 e. The molecule has 1 aliphatic rings. The molecule has 100 valence electrons. The molecule has 1 N–H and O–H groups in total. The lowest BCUT2D eigenvalue weighted by atomic mass is 10.1. The maximum atomic E-state index is 9.78. The highest BCUT2D eigenvalue weighted by Gasteiger charge is 2.25. The fraction of sp³-hybridized carbons (Fsp3) is 0.600. The average molecular weight is 249 g/mol. The molecule has 1 saturated carbocycles. The number of ether oxygens (including phenoxy) is 1. The summed E-state index contributed by atoms with van der Waals surface area (Å²) < 4.78 is 5.66. The molecule has 3 nitrogen and oxygen atoms in total. The first-order valence-electron chi connectivity index (χ1n) is 6.80. The molecule has 1 aromatic carbocycles. The van der Waals surface area contributed by atoms with Gasteiger partial charge in [-0.2, -0.15) is 0 Å². The molecular formula is C15H23NO2. The van der Waals surface area contributed by atoms with Gasteiger partial charge in [-0.3, -0.25) is 0 Å². The van der Waals surface area contributed by atoms with Crippen LogP contribution in [-0.4, -0.2) is 42.9 Å². The van der Waals surface area contributed by atoms with Crippen LogP contribution in [0.2, 0.25) is 0 Å². The molecular weight excluding hydrogens is 226 g/mol. The minimum atomic E-state index is -0.0949. The highest BCUT2D eigenvalue weighted by Crippen LogP contribution is 2.25. The number of hydrogen-bond acceptors (Lipinski definition) is 3. The van der Waals surface area contributed by atoms with Crippen molar-refractivity contribution in [1.29, 1.82) is 0 Å². The van der Waals surface area contributed by atoms with Crippen molar-refractivity contribution in [1.82, 2.24) is 4.90 Å². The standard InChI is InChI=1S/C15H23NO2/c1-16(12-13-6-5-9-15(13)17)10-11-18-14-7-3-2-4-8-14/h2-4,7-8,13,15,17H,5-6,9-12H2,1H3. The van der Waals surface area contributed by atoms with E-state index in [1.165, 1.54) is 6.42 Å². The second-order valence-electron chi connectivity index (χ2n) is 5.18. The summed E-state index contributed by atoms with van der Waals surface area (Å²) in [6.07, 6.45) is 3.20. The molecule has 2 unspecified atom stereocenters. The Morgan fingerprint density at radius 3 is 2.72 bits per heavy atom. The summed E-state index contributed by atoms with van der Waals surface area (Å²) in [5, 5.41) is 9.78. The van der Waals surface area contributed by atoms with E-state index >= 15 is 0 Å². The van der Waals surface area contributed by atoms with E-state index in [2.05, 4.69) is 11.9 Å². The van der Waals surface area contributed by atoms with Gasteiger partial charge in [0.2, 0.25) is 0 Å². The van der Waals surface area contributed by atoms with Gasteiger partial charge < -0.3 is 14.7 Å². The molecule has 0 radical (unpaired) electrons. The van der Waals surface area contributed by atoms with Crippen LogP contribution in [0.3, 0.4) is 0 Å². The third-order valence-corrected chi connectivity index (χ3v) is 3.65. The first kappa shape index (κ1) is 13.4. The summed E-state index contributed by atoms with van der Waals surface area (Å²) in [7, 11) is 2.10. The van der Waals surface area contributed by atoms with Crippen molar-refractivity contribution in [3.05, 3.63) is 30.3 Å². The van der Waals surface area contributed by atoms with E-state index in [4.69, 9.17) is 4.74 Å². The first-order valence-corrected chi connectivity index (χ1v) is 6.80. The lowest BCUT2D eigenvalue weighted by molar-refractivity contribution is 0.105. The van der Waals surface area contributed by atoms with E-state index in [0.717, 1.165) is 31.7 Å². The number of nitrogens with zero attached hydrogens (tertiary/aromatic N) is 1. The van der Waals surface area contributed by atoms with Crippen molar-refractivity contribution in [2.45, 2.75) is 25.4 Å². The van der Waals surface area contributed by atoms with Gasteiger partial charge in [0.05, 0.1) is 6.10 Å². The molecule has 0 heterocycles. The number of likely N-dealkylation sites (N-methyl/N-ethyl adjacent to an activating group) is 1. The summed E-state index contributed by atoms with van der Waals surface area (Å²) in [6.45, 7) is 2.57. The van der Waals surface area contributed by atoms with Crippen LogP contribution in [0, 0.1) is 5.92 Å². The van der Waals surface area contributed by atoms with Crippen molar-refractivity contribution in [3.63, 3.8) is 0 Å². The smallest absolute Gasteiger partial charge is 0.119 e. The van der Waals surface area contributed by atoms with Crippen LogP contribution in [-0.2, 0) is 0 Å². The SMILES string of the molecule is CN(CCOc1ccccc1)CC1CCCC1O. The van der Waals surface area contributed by atoms with Gasteiger partial charge in [-0.25, -0.2) is 0 Å². The number of aliphatic hydroxyl groups excluding tert-OH is 1. The first-order chi connectivity index (χ1) is 8.75. The fourth-order valence-electron chi connectivity index (χ4n) is 2.56. The number of hydrogen-bond donors (Lipinski definition) is 1. The zero-order chi connectivity index (χ0) is 12.8. The zero-order valence-corrected chi connectivity index (χ0v) is 11.1. The minimum absolute atomic E-state index is 0.0949. The molecule has 0 aromatic heterocycles. The molecule has 1 fully saturated rings. The summed E-state index contributed by atoms with van der Waals surface area (Å²) in [5.41, 5.74) is 0. The van der Waals surface area contributed by atoms with Crippen molar-refractivity contribution >= 4 is 0 Å². The van der Waals surface area contributed by atoms with E-state index in [0.29, 0.717) is 12.5 Å². The molecule has 0 bridgehead atoms. The lowest BCUT2D eigenvalue weighted by Crippen LogP contribution is -2.32. The maximum Gasteiger partial charge on any atom is 0.119 e.